The highest BCUT2D eigenvalue weighted by Crippen LogP contribution is 2.59. The lowest BCUT2D eigenvalue weighted by Crippen LogP contribution is -2.63. The fraction of sp³-hybridized carbons (Fsp3) is 0.455. The monoisotopic (exact) mass is 517 g/mol. The normalized spacial score (nSPS) is 32.7. The predicted octanol–water partition coefficient (Wildman–Crippen LogP) is 3.79. The van der Waals surface area contributed by atoms with Gasteiger partial charge in [0.2, 0.25) is 10.0 Å². The first-order valence-electron chi connectivity index (χ1n) is 10.6. The van der Waals surface area contributed by atoms with Crippen LogP contribution in [-0.4, -0.2) is 34.7 Å². The highest BCUT2D eigenvalue weighted by Gasteiger charge is 2.64. The van der Waals surface area contributed by atoms with E-state index in [4.69, 9.17) is 16.3 Å². The van der Waals surface area contributed by atoms with Gasteiger partial charge < -0.3 is 4.74 Å². The van der Waals surface area contributed by atoms with E-state index in [2.05, 4.69) is 4.72 Å². The molecule has 5 rings (SSSR count). The summed E-state index contributed by atoms with van der Waals surface area (Å²) in [4.78, 5) is -0.0590. The van der Waals surface area contributed by atoms with E-state index in [1.807, 2.05) is 0 Å². The molecule has 5 atom stereocenters. The molecule has 0 spiro atoms. The van der Waals surface area contributed by atoms with E-state index in [-0.39, 0.29) is 36.3 Å². The largest absolute Gasteiger partial charge is 0.490 e. The number of hydrogen-bond donors (Lipinski definition) is 1. The molecule has 0 radical (unpaired) electrons. The van der Waals surface area contributed by atoms with E-state index in [0.29, 0.717) is 5.02 Å². The van der Waals surface area contributed by atoms with Gasteiger partial charge in [-0.1, -0.05) is 11.6 Å². The van der Waals surface area contributed by atoms with Gasteiger partial charge in [-0.25, -0.2) is 30.3 Å². The molecular weight excluding hydrogens is 496 g/mol. The van der Waals surface area contributed by atoms with Crippen molar-refractivity contribution in [2.24, 2.45) is 11.8 Å². The van der Waals surface area contributed by atoms with Crippen molar-refractivity contribution in [3.8, 4) is 5.75 Å². The minimum absolute atomic E-state index is 0.0590. The minimum Gasteiger partial charge on any atom is -0.490 e. The summed E-state index contributed by atoms with van der Waals surface area (Å²) in [5, 5.41) is -0.418. The number of sulfone groups is 1. The summed E-state index contributed by atoms with van der Waals surface area (Å²) in [5.74, 6) is -3.32. The van der Waals surface area contributed by atoms with Crippen LogP contribution in [0.25, 0.3) is 0 Å². The highest BCUT2D eigenvalue weighted by atomic mass is 35.5. The number of hydrogen-bond acceptors (Lipinski definition) is 5. The number of benzene rings is 2. The van der Waals surface area contributed by atoms with Crippen molar-refractivity contribution in [3.05, 3.63) is 58.6 Å². The number of halogens is 3. The second-order valence-corrected chi connectivity index (χ2v) is 13.8. The maximum Gasteiger partial charge on any atom is 0.214 e. The Morgan fingerprint density at radius 1 is 1.12 bits per heavy atom. The molecule has 33 heavy (non-hydrogen) atoms. The molecule has 6 nitrogen and oxygen atoms in total. The van der Waals surface area contributed by atoms with Crippen molar-refractivity contribution >= 4 is 31.5 Å². The summed E-state index contributed by atoms with van der Waals surface area (Å²) < 4.78 is 89.9. The molecule has 1 aliphatic carbocycles. The van der Waals surface area contributed by atoms with Gasteiger partial charge in [-0.05, 0) is 68.5 Å². The molecule has 2 aliphatic heterocycles. The molecule has 0 aromatic heterocycles. The molecule has 11 heteroatoms. The van der Waals surface area contributed by atoms with Crippen LogP contribution in [0.5, 0.6) is 5.75 Å². The third-order valence-corrected chi connectivity index (χ3v) is 12.1. The van der Waals surface area contributed by atoms with Gasteiger partial charge in [-0.3, -0.25) is 0 Å². The quantitative estimate of drug-likeness (QED) is 0.654. The van der Waals surface area contributed by atoms with Gasteiger partial charge in [0.25, 0.3) is 0 Å². The van der Waals surface area contributed by atoms with Gasteiger partial charge in [-0.2, -0.15) is 0 Å². The molecule has 1 N–H and O–H groups in total. The fourth-order valence-electron chi connectivity index (χ4n) is 5.81. The second-order valence-electron chi connectivity index (χ2n) is 9.02. The summed E-state index contributed by atoms with van der Waals surface area (Å²) in [6.07, 6.45) is 0.269. The smallest absolute Gasteiger partial charge is 0.214 e. The highest BCUT2D eigenvalue weighted by molar-refractivity contribution is 7.92. The SMILES string of the molecule is C[C@@H]1C[C@@H]2[C@@H](CC[C@@]3(S(=O)(=O)c4ccc(Cl)cc4)c4c(F)ccc(F)c4OC[C@@H]23)NS1(=O)=O. The van der Waals surface area contributed by atoms with Crippen LogP contribution in [0.2, 0.25) is 5.02 Å². The Morgan fingerprint density at radius 2 is 1.79 bits per heavy atom. The molecule has 2 heterocycles. The summed E-state index contributed by atoms with van der Waals surface area (Å²) in [5.41, 5.74) is -0.312. The van der Waals surface area contributed by atoms with Crippen molar-refractivity contribution in [1.82, 2.24) is 4.72 Å². The van der Waals surface area contributed by atoms with Crippen LogP contribution in [0.15, 0.2) is 41.3 Å². The zero-order chi connectivity index (χ0) is 23.8. The second kappa shape index (κ2) is 7.63. The Bertz CT molecular complexity index is 1330. The maximum absolute atomic E-state index is 15.4. The lowest BCUT2D eigenvalue weighted by molar-refractivity contribution is 0.0500. The summed E-state index contributed by atoms with van der Waals surface area (Å²) in [6.45, 7) is 1.39. The van der Waals surface area contributed by atoms with Gasteiger partial charge in [0.1, 0.15) is 10.6 Å². The third kappa shape index (κ3) is 3.25. The standard InChI is InChI=1S/C22H22ClF2NO5S2/c1-12-10-15-16-11-31-21-18(25)7-6-17(24)20(21)22(16,9-8-19(15)26-33(12,29)30)32(27,28)14-4-2-13(23)3-5-14/h2-7,12,15-16,19,26H,8-11H2,1H3/t12-,15+,16+,19-,22+/m1/s1. The number of ether oxygens (including phenoxy) is 1. The van der Waals surface area contributed by atoms with Crippen molar-refractivity contribution in [3.63, 3.8) is 0 Å². The maximum atomic E-state index is 15.4. The van der Waals surface area contributed by atoms with Crippen LogP contribution in [0.1, 0.15) is 31.7 Å². The molecule has 2 aromatic rings. The predicted molar refractivity (Wildman–Crippen MR) is 118 cm³/mol. The van der Waals surface area contributed by atoms with Gasteiger partial charge in [0.05, 0.1) is 22.3 Å². The molecule has 178 valence electrons. The Morgan fingerprint density at radius 3 is 2.48 bits per heavy atom. The average Bonchev–Trinajstić information content (AvgIpc) is 2.76. The fourth-order valence-corrected chi connectivity index (χ4v) is 9.76. The first kappa shape index (κ1) is 23.0. The van der Waals surface area contributed by atoms with Crippen molar-refractivity contribution in [1.29, 1.82) is 0 Å². The first-order valence-corrected chi connectivity index (χ1v) is 14.0. The molecule has 0 bridgehead atoms. The molecule has 0 unspecified atom stereocenters. The number of nitrogens with one attached hydrogen (secondary N) is 1. The van der Waals surface area contributed by atoms with E-state index in [1.165, 1.54) is 24.3 Å². The van der Waals surface area contributed by atoms with E-state index >= 15 is 4.39 Å². The average molecular weight is 518 g/mol. The molecule has 2 aromatic carbocycles. The van der Waals surface area contributed by atoms with Crippen LogP contribution in [0, 0.1) is 23.5 Å². The third-order valence-electron chi connectivity index (χ3n) is 7.40. The van der Waals surface area contributed by atoms with Crippen LogP contribution in [0.4, 0.5) is 8.78 Å². The zero-order valence-electron chi connectivity index (χ0n) is 17.6. The molecule has 2 fully saturated rings. The summed E-state index contributed by atoms with van der Waals surface area (Å²) >= 11 is 5.95. The van der Waals surface area contributed by atoms with Crippen molar-refractivity contribution < 1.29 is 30.4 Å². The van der Waals surface area contributed by atoms with Crippen molar-refractivity contribution in [2.75, 3.05) is 6.61 Å². The lowest BCUT2D eigenvalue weighted by atomic mass is 9.64. The van der Waals surface area contributed by atoms with Gasteiger partial charge in [-0.15, -0.1) is 0 Å². The van der Waals surface area contributed by atoms with Crippen LogP contribution < -0.4 is 9.46 Å². The topological polar surface area (TPSA) is 89.5 Å². The van der Waals surface area contributed by atoms with Crippen LogP contribution in [-0.2, 0) is 24.6 Å². The molecule has 1 saturated heterocycles. The van der Waals surface area contributed by atoms with Gasteiger partial charge in [0.15, 0.2) is 21.4 Å². The molecule has 1 saturated carbocycles. The zero-order valence-corrected chi connectivity index (χ0v) is 20.0. The van der Waals surface area contributed by atoms with Gasteiger partial charge in [0, 0.05) is 17.0 Å². The van der Waals surface area contributed by atoms with E-state index in [0.717, 1.165) is 12.1 Å². The van der Waals surface area contributed by atoms with E-state index in [1.54, 1.807) is 6.92 Å². The first-order chi connectivity index (χ1) is 15.5. The Labute approximate surface area is 196 Å². The minimum atomic E-state index is -4.27. The van der Waals surface area contributed by atoms with Crippen LogP contribution in [0.3, 0.4) is 0 Å². The molecule has 0 amide bonds. The molecule has 3 aliphatic rings. The van der Waals surface area contributed by atoms with Crippen LogP contribution >= 0.6 is 11.6 Å². The summed E-state index contributed by atoms with van der Waals surface area (Å²) in [6, 6.07) is 6.90. The Kier molecular flexibility index (Phi) is 5.32. The van der Waals surface area contributed by atoms with Gasteiger partial charge >= 0.3 is 0 Å². The Balaban J connectivity index is 1.76. The summed E-state index contributed by atoms with van der Waals surface area (Å²) in [7, 11) is -7.82. The lowest BCUT2D eigenvalue weighted by Gasteiger charge is -2.54. The molecular formula is C22H22ClF2NO5S2. The van der Waals surface area contributed by atoms with E-state index in [9.17, 15) is 21.2 Å². The number of rotatable bonds is 2. The Hall–Kier alpha value is -1.75. The number of sulfonamides is 1. The van der Waals surface area contributed by atoms with E-state index < -0.39 is 65.1 Å². The number of fused-ring (bicyclic) bond motifs is 5. The van der Waals surface area contributed by atoms with Crippen molar-refractivity contribution in [2.45, 2.75) is 47.1 Å².